The number of furan rings is 1. The Labute approximate surface area is 245 Å². The van der Waals surface area contributed by atoms with E-state index in [1.807, 2.05) is 30.3 Å². The molecule has 0 fully saturated rings. The molecule has 0 saturated carbocycles. The second-order valence-corrected chi connectivity index (χ2v) is 11.6. The SMILES string of the molecule is CCNS(=O)(=O)c1ccc(CCC(=O)N(Cc2ccc(F)cc2)C(Cc2ccccc2)C(=O)NCc2ccco2)cc1. The van der Waals surface area contributed by atoms with Crippen LogP contribution in [0.5, 0.6) is 0 Å². The van der Waals surface area contributed by atoms with E-state index in [0.717, 1.165) is 11.1 Å². The Bertz CT molecular complexity index is 1540. The molecule has 2 amide bonds. The van der Waals surface area contributed by atoms with E-state index in [2.05, 4.69) is 10.0 Å². The van der Waals surface area contributed by atoms with Crippen LogP contribution in [0.2, 0.25) is 0 Å². The van der Waals surface area contributed by atoms with Crippen LogP contribution in [-0.4, -0.2) is 37.7 Å². The first kappa shape index (κ1) is 30.7. The quantitative estimate of drug-likeness (QED) is 0.223. The molecule has 0 bridgehead atoms. The minimum absolute atomic E-state index is 0.0806. The Morgan fingerprint density at radius 2 is 1.57 bits per heavy atom. The van der Waals surface area contributed by atoms with Crippen molar-refractivity contribution in [1.29, 1.82) is 0 Å². The van der Waals surface area contributed by atoms with E-state index in [0.29, 0.717) is 17.7 Å². The van der Waals surface area contributed by atoms with Gasteiger partial charge in [-0.05, 0) is 59.5 Å². The standard InChI is InChI=1S/C32H34FN3O5S/c1-2-35-42(39,40)29-17-12-24(13-18-29)14-19-31(37)36(23-26-10-15-27(33)16-11-26)30(21-25-7-4-3-5-8-25)32(38)34-22-28-9-6-20-41-28/h3-13,15-18,20,30,35H,2,14,19,21-23H2,1H3,(H,34,38). The van der Waals surface area contributed by atoms with Gasteiger partial charge in [-0.3, -0.25) is 9.59 Å². The van der Waals surface area contributed by atoms with Crippen molar-refractivity contribution in [2.45, 2.75) is 50.2 Å². The van der Waals surface area contributed by atoms with Crippen molar-refractivity contribution in [1.82, 2.24) is 14.9 Å². The van der Waals surface area contributed by atoms with Crippen LogP contribution in [0.1, 0.15) is 35.8 Å². The number of hydrogen-bond donors (Lipinski definition) is 2. The molecule has 8 nitrogen and oxygen atoms in total. The van der Waals surface area contributed by atoms with E-state index in [-0.39, 0.29) is 49.2 Å². The molecule has 3 aromatic carbocycles. The van der Waals surface area contributed by atoms with Crippen LogP contribution >= 0.6 is 0 Å². The average Bonchev–Trinajstić information content (AvgIpc) is 3.52. The Morgan fingerprint density at radius 3 is 2.21 bits per heavy atom. The molecule has 0 aliphatic heterocycles. The monoisotopic (exact) mass is 591 g/mol. The summed E-state index contributed by atoms with van der Waals surface area (Å²) in [6, 6.07) is 24.3. The average molecular weight is 592 g/mol. The normalized spacial score (nSPS) is 12.0. The van der Waals surface area contributed by atoms with Crippen LogP contribution in [0.3, 0.4) is 0 Å². The zero-order chi connectivity index (χ0) is 30.0. The summed E-state index contributed by atoms with van der Waals surface area (Å²) >= 11 is 0. The fourth-order valence-corrected chi connectivity index (χ4v) is 5.59. The van der Waals surface area contributed by atoms with Gasteiger partial charge in [-0.2, -0.15) is 0 Å². The van der Waals surface area contributed by atoms with E-state index in [1.54, 1.807) is 43.3 Å². The van der Waals surface area contributed by atoms with Crippen LogP contribution in [0.15, 0.2) is 107 Å². The maximum Gasteiger partial charge on any atom is 0.243 e. The van der Waals surface area contributed by atoms with Crippen molar-refractivity contribution < 1.29 is 26.8 Å². The smallest absolute Gasteiger partial charge is 0.243 e. The number of halogens is 1. The maximum absolute atomic E-state index is 13.8. The number of sulfonamides is 1. The van der Waals surface area contributed by atoms with Gasteiger partial charge in [0.1, 0.15) is 17.6 Å². The number of rotatable bonds is 14. The molecule has 2 N–H and O–H groups in total. The minimum atomic E-state index is -3.58. The number of benzene rings is 3. The molecular formula is C32H34FN3O5S. The number of nitrogens with zero attached hydrogens (tertiary/aromatic N) is 1. The van der Waals surface area contributed by atoms with Gasteiger partial charge in [0.2, 0.25) is 21.8 Å². The van der Waals surface area contributed by atoms with Crippen LogP contribution in [0.25, 0.3) is 0 Å². The summed E-state index contributed by atoms with van der Waals surface area (Å²) in [5.41, 5.74) is 2.34. The van der Waals surface area contributed by atoms with Gasteiger partial charge in [0.25, 0.3) is 0 Å². The molecule has 1 atom stereocenters. The Kier molecular flexibility index (Phi) is 10.6. The van der Waals surface area contributed by atoms with Gasteiger partial charge in [0.05, 0.1) is 17.7 Å². The van der Waals surface area contributed by atoms with Crippen LogP contribution < -0.4 is 10.0 Å². The van der Waals surface area contributed by atoms with Crippen molar-refractivity contribution in [3.63, 3.8) is 0 Å². The van der Waals surface area contributed by atoms with Crippen molar-refractivity contribution in [2.24, 2.45) is 0 Å². The maximum atomic E-state index is 13.8. The zero-order valence-corrected chi connectivity index (χ0v) is 24.1. The number of aryl methyl sites for hydroxylation is 1. The number of carbonyl (C=O) groups is 2. The summed E-state index contributed by atoms with van der Waals surface area (Å²) in [4.78, 5) is 29.1. The molecule has 0 aliphatic rings. The molecule has 0 radical (unpaired) electrons. The van der Waals surface area contributed by atoms with Crippen molar-refractivity contribution in [3.05, 3.63) is 126 Å². The third-order valence-corrected chi connectivity index (χ3v) is 8.31. The van der Waals surface area contributed by atoms with Crippen molar-refractivity contribution in [3.8, 4) is 0 Å². The Balaban J connectivity index is 1.57. The summed E-state index contributed by atoms with van der Waals surface area (Å²) < 4.78 is 46.0. The highest BCUT2D eigenvalue weighted by Crippen LogP contribution is 2.18. The first-order chi connectivity index (χ1) is 20.2. The van der Waals surface area contributed by atoms with Gasteiger partial charge in [-0.25, -0.2) is 17.5 Å². The molecule has 220 valence electrons. The summed E-state index contributed by atoms with van der Waals surface area (Å²) in [5, 5.41) is 2.89. The van der Waals surface area contributed by atoms with Crippen LogP contribution in [0.4, 0.5) is 4.39 Å². The van der Waals surface area contributed by atoms with E-state index in [9.17, 15) is 22.4 Å². The predicted octanol–water partition coefficient (Wildman–Crippen LogP) is 4.61. The largest absolute Gasteiger partial charge is 0.467 e. The highest BCUT2D eigenvalue weighted by Gasteiger charge is 2.30. The summed E-state index contributed by atoms with van der Waals surface area (Å²) in [5.74, 6) is -0.424. The summed E-state index contributed by atoms with van der Waals surface area (Å²) in [7, 11) is -3.58. The molecule has 1 aromatic heterocycles. The summed E-state index contributed by atoms with van der Waals surface area (Å²) in [6.45, 7) is 2.25. The second-order valence-electron chi connectivity index (χ2n) is 9.80. The minimum Gasteiger partial charge on any atom is -0.467 e. The van der Waals surface area contributed by atoms with Gasteiger partial charge >= 0.3 is 0 Å². The molecular weight excluding hydrogens is 557 g/mol. The van der Waals surface area contributed by atoms with Gasteiger partial charge in [-0.1, -0.05) is 61.5 Å². The van der Waals surface area contributed by atoms with Gasteiger partial charge in [-0.15, -0.1) is 0 Å². The first-order valence-corrected chi connectivity index (χ1v) is 15.2. The number of carbonyl (C=O) groups excluding carboxylic acids is 2. The highest BCUT2D eigenvalue weighted by atomic mass is 32.2. The van der Waals surface area contributed by atoms with Crippen LogP contribution in [0, 0.1) is 5.82 Å². The fourth-order valence-electron chi connectivity index (χ4n) is 4.55. The number of amides is 2. The van der Waals surface area contributed by atoms with Gasteiger partial charge in [0.15, 0.2) is 0 Å². The van der Waals surface area contributed by atoms with E-state index in [1.165, 1.54) is 35.4 Å². The summed E-state index contributed by atoms with van der Waals surface area (Å²) in [6.07, 6.45) is 2.22. The Morgan fingerprint density at radius 1 is 0.881 bits per heavy atom. The molecule has 0 aliphatic carbocycles. The molecule has 10 heteroatoms. The zero-order valence-electron chi connectivity index (χ0n) is 23.3. The molecule has 4 aromatic rings. The first-order valence-electron chi connectivity index (χ1n) is 13.7. The lowest BCUT2D eigenvalue weighted by molar-refractivity contribution is -0.141. The highest BCUT2D eigenvalue weighted by molar-refractivity contribution is 7.89. The van der Waals surface area contributed by atoms with E-state index >= 15 is 0 Å². The van der Waals surface area contributed by atoms with Gasteiger partial charge in [0, 0.05) is 25.9 Å². The van der Waals surface area contributed by atoms with E-state index in [4.69, 9.17) is 4.42 Å². The van der Waals surface area contributed by atoms with Crippen molar-refractivity contribution >= 4 is 21.8 Å². The molecule has 0 saturated heterocycles. The molecule has 4 rings (SSSR count). The predicted molar refractivity (Wildman–Crippen MR) is 157 cm³/mol. The topological polar surface area (TPSA) is 109 Å². The molecule has 42 heavy (non-hydrogen) atoms. The molecule has 0 spiro atoms. The third kappa shape index (κ3) is 8.61. The Hall–Kier alpha value is -4.28. The lowest BCUT2D eigenvalue weighted by Gasteiger charge is -2.31. The van der Waals surface area contributed by atoms with Gasteiger partial charge < -0.3 is 14.6 Å². The molecule has 1 heterocycles. The lowest BCUT2D eigenvalue weighted by Crippen LogP contribution is -2.50. The van der Waals surface area contributed by atoms with Crippen LogP contribution in [-0.2, 0) is 45.5 Å². The molecule has 1 unspecified atom stereocenters. The third-order valence-electron chi connectivity index (χ3n) is 6.75. The number of hydrogen-bond acceptors (Lipinski definition) is 5. The second kappa shape index (κ2) is 14.6. The number of nitrogens with one attached hydrogen (secondary N) is 2. The van der Waals surface area contributed by atoms with E-state index < -0.39 is 21.9 Å². The fraction of sp³-hybridized carbons (Fsp3) is 0.250. The van der Waals surface area contributed by atoms with Crippen molar-refractivity contribution in [2.75, 3.05) is 6.54 Å². The lowest BCUT2D eigenvalue weighted by atomic mass is 10.0.